The zero-order valence-corrected chi connectivity index (χ0v) is 11.3. The molecule has 1 saturated carbocycles. The van der Waals surface area contributed by atoms with Crippen molar-refractivity contribution in [3.05, 3.63) is 11.7 Å². The van der Waals surface area contributed by atoms with Crippen LogP contribution in [0, 0.1) is 5.92 Å². The number of nitrogens with zero attached hydrogens (tertiary/aromatic N) is 2. The summed E-state index contributed by atoms with van der Waals surface area (Å²) in [6.07, 6.45) is 6.84. The predicted octanol–water partition coefficient (Wildman–Crippen LogP) is 2.23. The summed E-state index contributed by atoms with van der Waals surface area (Å²) in [5.41, 5.74) is 5.73. The highest BCUT2D eigenvalue weighted by Gasteiger charge is 2.28. The number of nitrogens with two attached hydrogens (primary N) is 1. The van der Waals surface area contributed by atoms with Gasteiger partial charge in [-0.15, -0.1) is 0 Å². The molecule has 18 heavy (non-hydrogen) atoms. The fourth-order valence-corrected chi connectivity index (χ4v) is 2.69. The van der Waals surface area contributed by atoms with E-state index < -0.39 is 0 Å². The summed E-state index contributed by atoms with van der Waals surface area (Å²) in [5, 5.41) is 4.05. The zero-order chi connectivity index (χ0) is 13.0. The maximum Gasteiger partial charge on any atom is 0.228 e. The SMILES string of the molecule is COC(c1noc(CC(C)N)n1)C1CCCCC1. The van der Waals surface area contributed by atoms with Crippen LogP contribution >= 0.6 is 0 Å². The third kappa shape index (κ3) is 3.29. The summed E-state index contributed by atoms with van der Waals surface area (Å²) in [6, 6.07) is 0.0361. The molecule has 2 rings (SSSR count). The normalized spacial score (nSPS) is 20.8. The van der Waals surface area contributed by atoms with Gasteiger partial charge in [-0.25, -0.2) is 0 Å². The lowest BCUT2D eigenvalue weighted by molar-refractivity contribution is 0.0273. The van der Waals surface area contributed by atoms with Crippen molar-refractivity contribution in [3.63, 3.8) is 0 Å². The Labute approximate surface area is 108 Å². The summed E-state index contributed by atoms with van der Waals surface area (Å²) >= 11 is 0. The summed E-state index contributed by atoms with van der Waals surface area (Å²) in [4.78, 5) is 4.41. The van der Waals surface area contributed by atoms with Gasteiger partial charge in [0.2, 0.25) is 11.7 Å². The van der Waals surface area contributed by atoms with E-state index in [1.807, 2.05) is 6.92 Å². The van der Waals surface area contributed by atoms with E-state index in [0.29, 0.717) is 24.1 Å². The molecule has 0 saturated heterocycles. The van der Waals surface area contributed by atoms with Crippen LogP contribution in [0.4, 0.5) is 0 Å². The van der Waals surface area contributed by atoms with Gasteiger partial charge in [0.1, 0.15) is 6.10 Å². The molecule has 102 valence electrons. The molecule has 1 aromatic heterocycles. The first-order valence-electron chi connectivity index (χ1n) is 6.81. The second-order valence-corrected chi connectivity index (χ2v) is 5.28. The first-order chi connectivity index (χ1) is 8.70. The van der Waals surface area contributed by atoms with Crippen molar-refractivity contribution >= 4 is 0 Å². The quantitative estimate of drug-likeness (QED) is 0.871. The molecule has 5 nitrogen and oxygen atoms in total. The molecule has 0 bridgehead atoms. The molecule has 1 heterocycles. The van der Waals surface area contributed by atoms with E-state index in [-0.39, 0.29) is 12.1 Å². The number of methoxy groups -OCH3 is 1. The summed E-state index contributed by atoms with van der Waals surface area (Å²) in [5.74, 6) is 1.81. The van der Waals surface area contributed by atoms with Crippen molar-refractivity contribution in [2.24, 2.45) is 11.7 Å². The molecule has 0 aromatic carbocycles. The zero-order valence-electron chi connectivity index (χ0n) is 11.3. The molecule has 2 unspecified atom stereocenters. The summed E-state index contributed by atoms with van der Waals surface area (Å²) < 4.78 is 10.8. The van der Waals surface area contributed by atoms with Crippen molar-refractivity contribution in [3.8, 4) is 0 Å². The molecule has 0 aliphatic heterocycles. The lowest BCUT2D eigenvalue weighted by Gasteiger charge is -2.26. The minimum atomic E-state index is -0.0316. The van der Waals surface area contributed by atoms with E-state index >= 15 is 0 Å². The molecule has 1 fully saturated rings. The van der Waals surface area contributed by atoms with E-state index in [4.69, 9.17) is 15.0 Å². The Balaban J connectivity index is 2.04. The molecular formula is C13H23N3O2. The van der Waals surface area contributed by atoms with Gasteiger partial charge in [-0.05, 0) is 25.7 Å². The molecule has 0 amide bonds. The lowest BCUT2D eigenvalue weighted by Crippen LogP contribution is -2.20. The van der Waals surface area contributed by atoms with Gasteiger partial charge in [-0.2, -0.15) is 4.98 Å². The second kappa shape index (κ2) is 6.29. The van der Waals surface area contributed by atoms with Crippen LogP contribution in [0.5, 0.6) is 0 Å². The maximum absolute atomic E-state index is 5.73. The standard InChI is InChI=1S/C13H23N3O2/c1-9(14)8-11-15-13(16-18-11)12(17-2)10-6-4-3-5-7-10/h9-10,12H,3-8,14H2,1-2H3. The van der Waals surface area contributed by atoms with Gasteiger partial charge in [-0.3, -0.25) is 0 Å². The smallest absolute Gasteiger partial charge is 0.228 e. The molecule has 2 N–H and O–H groups in total. The topological polar surface area (TPSA) is 74.2 Å². The molecule has 1 aliphatic carbocycles. The minimum Gasteiger partial charge on any atom is -0.373 e. The van der Waals surface area contributed by atoms with Crippen LogP contribution in [-0.4, -0.2) is 23.3 Å². The van der Waals surface area contributed by atoms with Gasteiger partial charge in [-0.1, -0.05) is 24.4 Å². The van der Waals surface area contributed by atoms with Crippen molar-refractivity contribution < 1.29 is 9.26 Å². The van der Waals surface area contributed by atoms with Crippen LogP contribution in [0.2, 0.25) is 0 Å². The van der Waals surface area contributed by atoms with E-state index in [9.17, 15) is 0 Å². The lowest BCUT2D eigenvalue weighted by atomic mass is 9.85. The maximum atomic E-state index is 5.73. The number of aromatic nitrogens is 2. The fourth-order valence-electron chi connectivity index (χ4n) is 2.69. The predicted molar refractivity (Wildman–Crippen MR) is 68.0 cm³/mol. The Bertz CT molecular complexity index is 359. The monoisotopic (exact) mass is 253 g/mol. The van der Waals surface area contributed by atoms with Crippen LogP contribution in [0.25, 0.3) is 0 Å². The largest absolute Gasteiger partial charge is 0.373 e. The average Bonchev–Trinajstić information content (AvgIpc) is 2.79. The van der Waals surface area contributed by atoms with Crippen molar-refractivity contribution in [2.75, 3.05) is 7.11 Å². The van der Waals surface area contributed by atoms with Gasteiger partial charge in [0.15, 0.2) is 0 Å². The second-order valence-electron chi connectivity index (χ2n) is 5.28. The van der Waals surface area contributed by atoms with Gasteiger partial charge in [0.05, 0.1) is 0 Å². The van der Waals surface area contributed by atoms with Crippen LogP contribution in [0.3, 0.4) is 0 Å². The highest BCUT2D eigenvalue weighted by molar-refractivity contribution is 4.95. The molecule has 0 spiro atoms. The summed E-state index contributed by atoms with van der Waals surface area (Å²) in [7, 11) is 1.72. The van der Waals surface area contributed by atoms with E-state index in [0.717, 1.165) is 0 Å². The number of hydrogen-bond donors (Lipinski definition) is 1. The molecule has 0 radical (unpaired) electrons. The molecule has 1 aromatic rings. The van der Waals surface area contributed by atoms with Crippen molar-refractivity contribution in [1.29, 1.82) is 0 Å². The van der Waals surface area contributed by atoms with Gasteiger partial charge >= 0.3 is 0 Å². The van der Waals surface area contributed by atoms with Crippen LogP contribution in [0.15, 0.2) is 4.52 Å². The number of ether oxygens (including phenoxy) is 1. The van der Waals surface area contributed by atoms with Gasteiger partial charge in [0.25, 0.3) is 0 Å². The first-order valence-corrected chi connectivity index (χ1v) is 6.81. The Morgan fingerprint density at radius 3 is 2.72 bits per heavy atom. The third-order valence-electron chi connectivity index (χ3n) is 3.57. The Morgan fingerprint density at radius 1 is 1.39 bits per heavy atom. The van der Waals surface area contributed by atoms with Gasteiger partial charge < -0.3 is 15.0 Å². The van der Waals surface area contributed by atoms with E-state index in [1.54, 1.807) is 7.11 Å². The fraction of sp³-hybridized carbons (Fsp3) is 0.846. The van der Waals surface area contributed by atoms with Crippen LogP contribution in [0.1, 0.15) is 56.8 Å². The Hall–Kier alpha value is -0.940. The highest BCUT2D eigenvalue weighted by Crippen LogP contribution is 2.35. The van der Waals surface area contributed by atoms with Crippen LogP contribution < -0.4 is 5.73 Å². The number of hydrogen-bond acceptors (Lipinski definition) is 5. The molecule has 1 aliphatic rings. The van der Waals surface area contributed by atoms with E-state index in [1.165, 1.54) is 32.1 Å². The molecule has 5 heteroatoms. The average molecular weight is 253 g/mol. The summed E-state index contributed by atoms with van der Waals surface area (Å²) in [6.45, 7) is 1.93. The highest BCUT2D eigenvalue weighted by atomic mass is 16.5. The number of rotatable bonds is 5. The minimum absolute atomic E-state index is 0.0316. The molecule has 2 atom stereocenters. The van der Waals surface area contributed by atoms with Crippen LogP contribution in [-0.2, 0) is 11.2 Å². The van der Waals surface area contributed by atoms with Crippen molar-refractivity contribution in [2.45, 2.75) is 57.6 Å². The third-order valence-corrected chi connectivity index (χ3v) is 3.57. The van der Waals surface area contributed by atoms with Gasteiger partial charge in [0, 0.05) is 19.6 Å². The van der Waals surface area contributed by atoms with Crippen molar-refractivity contribution in [1.82, 2.24) is 10.1 Å². The Morgan fingerprint density at radius 2 is 2.11 bits per heavy atom. The van der Waals surface area contributed by atoms with E-state index in [2.05, 4.69) is 10.1 Å². The molecular weight excluding hydrogens is 230 g/mol. The Kier molecular flexibility index (Phi) is 4.72. The first kappa shape index (κ1) is 13.5.